The van der Waals surface area contributed by atoms with Gasteiger partial charge in [0.15, 0.2) is 0 Å². The Morgan fingerprint density at radius 1 is 1.26 bits per heavy atom. The average Bonchev–Trinajstić information content (AvgIpc) is 2.37. The van der Waals surface area contributed by atoms with Gasteiger partial charge in [-0.05, 0) is 25.1 Å². The Bertz CT molecular complexity index is 457. The van der Waals surface area contributed by atoms with E-state index in [9.17, 15) is 9.59 Å². The summed E-state index contributed by atoms with van der Waals surface area (Å²) in [5.74, 6) is 0.219. The first-order valence-electron chi connectivity index (χ1n) is 6.06. The number of rotatable bonds is 7. The molecule has 0 heterocycles. The van der Waals surface area contributed by atoms with Crippen molar-refractivity contribution in [3.05, 3.63) is 28.8 Å². The van der Waals surface area contributed by atoms with Crippen molar-refractivity contribution >= 4 is 23.4 Å². The van der Waals surface area contributed by atoms with Gasteiger partial charge in [0.25, 0.3) is 0 Å². The normalized spacial score (nSPS) is 10.1. The second-order valence-electron chi connectivity index (χ2n) is 3.98. The van der Waals surface area contributed by atoms with Crippen LogP contribution in [0, 0.1) is 0 Å². The summed E-state index contributed by atoms with van der Waals surface area (Å²) >= 11 is 5.89. The van der Waals surface area contributed by atoms with Crippen molar-refractivity contribution in [2.45, 2.75) is 26.2 Å². The third-order valence-electron chi connectivity index (χ3n) is 2.54. The monoisotopic (exact) mass is 284 g/mol. The molecule has 0 aromatic heterocycles. The van der Waals surface area contributed by atoms with Gasteiger partial charge in [0.2, 0.25) is 0 Å². The van der Waals surface area contributed by atoms with Gasteiger partial charge in [-0.2, -0.15) is 0 Å². The molecule has 0 N–H and O–H groups in total. The number of ketones is 1. The zero-order valence-electron chi connectivity index (χ0n) is 11.1. The predicted molar refractivity (Wildman–Crippen MR) is 72.6 cm³/mol. The zero-order chi connectivity index (χ0) is 14.3. The number of ether oxygens (including phenoxy) is 2. The van der Waals surface area contributed by atoms with Crippen LogP contribution in [0.25, 0.3) is 0 Å². The van der Waals surface area contributed by atoms with E-state index in [1.807, 2.05) is 0 Å². The lowest BCUT2D eigenvalue weighted by molar-refractivity contribution is -0.144. The van der Waals surface area contributed by atoms with E-state index in [4.69, 9.17) is 21.1 Å². The largest absolute Gasteiger partial charge is 0.496 e. The summed E-state index contributed by atoms with van der Waals surface area (Å²) in [6.45, 7) is 2.06. The number of carbonyl (C=O) groups is 2. The number of halogens is 1. The van der Waals surface area contributed by atoms with Gasteiger partial charge in [-0.3, -0.25) is 9.59 Å². The molecule has 0 spiro atoms. The fourth-order valence-corrected chi connectivity index (χ4v) is 1.86. The minimum atomic E-state index is -0.353. The van der Waals surface area contributed by atoms with Gasteiger partial charge in [0.1, 0.15) is 11.5 Å². The molecular weight excluding hydrogens is 268 g/mol. The van der Waals surface area contributed by atoms with Crippen LogP contribution < -0.4 is 4.74 Å². The van der Waals surface area contributed by atoms with Gasteiger partial charge in [-0.25, -0.2) is 0 Å². The quantitative estimate of drug-likeness (QED) is 0.723. The van der Waals surface area contributed by atoms with Crippen LogP contribution in [-0.4, -0.2) is 25.5 Å². The molecule has 1 rings (SSSR count). The van der Waals surface area contributed by atoms with Crippen molar-refractivity contribution in [2.24, 2.45) is 0 Å². The first-order valence-corrected chi connectivity index (χ1v) is 6.44. The highest BCUT2D eigenvalue weighted by atomic mass is 35.5. The maximum absolute atomic E-state index is 11.8. The summed E-state index contributed by atoms with van der Waals surface area (Å²) in [5, 5.41) is 0.550. The summed E-state index contributed by atoms with van der Waals surface area (Å²) in [5.41, 5.74) is 0.726. The molecule has 0 aliphatic carbocycles. The summed E-state index contributed by atoms with van der Waals surface area (Å²) in [4.78, 5) is 23.0. The molecule has 19 heavy (non-hydrogen) atoms. The average molecular weight is 285 g/mol. The Kier molecular flexibility index (Phi) is 6.36. The van der Waals surface area contributed by atoms with Crippen LogP contribution >= 0.6 is 11.6 Å². The SMILES string of the molecule is CCOC(=O)CCC(=O)Cc1cc(Cl)ccc1OC. The van der Waals surface area contributed by atoms with Gasteiger partial charge in [-0.1, -0.05) is 11.6 Å². The lowest BCUT2D eigenvalue weighted by Crippen LogP contribution is -2.10. The Morgan fingerprint density at radius 3 is 2.63 bits per heavy atom. The molecule has 1 aromatic rings. The highest BCUT2D eigenvalue weighted by Gasteiger charge is 2.12. The van der Waals surface area contributed by atoms with E-state index < -0.39 is 0 Å². The first-order chi connectivity index (χ1) is 9.06. The molecular formula is C14H17ClO4. The van der Waals surface area contributed by atoms with Crippen LogP contribution in [0.1, 0.15) is 25.3 Å². The second-order valence-corrected chi connectivity index (χ2v) is 4.41. The van der Waals surface area contributed by atoms with Crippen LogP contribution in [0.5, 0.6) is 5.75 Å². The molecule has 0 unspecified atom stereocenters. The van der Waals surface area contributed by atoms with E-state index in [0.29, 0.717) is 17.4 Å². The molecule has 0 saturated carbocycles. The van der Waals surface area contributed by atoms with E-state index in [-0.39, 0.29) is 31.0 Å². The summed E-state index contributed by atoms with van der Waals surface area (Å²) in [6, 6.07) is 5.12. The molecule has 104 valence electrons. The summed E-state index contributed by atoms with van der Waals surface area (Å²) in [6.07, 6.45) is 0.465. The van der Waals surface area contributed by atoms with Crippen LogP contribution in [-0.2, 0) is 20.7 Å². The molecule has 0 bridgehead atoms. The molecule has 0 aliphatic rings. The van der Waals surface area contributed by atoms with Crippen LogP contribution in [0.15, 0.2) is 18.2 Å². The van der Waals surface area contributed by atoms with Crippen molar-refractivity contribution in [1.29, 1.82) is 0 Å². The molecule has 0 saturated heterocycles. The molecule has 1 aromatic carbocycles. The van der Waals surface area contributed by atoms with Crippen molar-refractivity contribution < 1.29 is 19.1 Å². The third kappa shape index (κ3) is 5.30. The topological polar surface area (TPSA) is 52.6 Å². The fraction of sp³-hybridized carbons (Fsp3) is 0.429. The van der Waals surface area contributed by atoms with Gasteiger partial charge in [0.05, 0.1) is 20.1 Å². The minimum absolute atomic E-state index is 0.0476. The standard InChI is InChI=1S/C14H17ClO4/c1-3-19-14(17)7-5-12(16)9-10-8-11(15)4-6-13(10)18-2/h4,6,8H,3,5,7,9H2,1-2H3. The van der Waals surface area contributed by atoms with Gasteiger partial charge in [-0.15, -0.1) is 0 Å². The van der Waals surface area contributed by atoms with Gasteiger partial charge < -0.3 is 9.47 Å². The molecule has 0 atom stereocenters. The summed E-state index contributed by atoms with van der Waals surface area (Å²) in [7, 11) is 1.54. The van der Waals surface area contributed by atoms with Crippen LogP contribution in [0.3, 0.4) is 0 Å². The molecule has 0 amide bonds. The Labute approximate surface area is 117 Å². The number of hydrogen-bond acceptors (Lipinski definition) is 4. The number of Topliss-reactive ketones (excluding diaryl/α,β-unsaturated/α-hetero) is 1. The van der Waals surface area contributed by atoms with E-state index in [0.717, 1.165) is 5.56 Å². The van der Waals surface area contributed by atoms with Gasteiger partial charge >= 0.3 is 5.97 Å². The first kappa shape index (κ1) is 15.5. The van der Waals surface area contributed by atoms with Crippen molar-refractivity contribution in [1.82, 2.24) is 0 Å². The van der Waals surface area contributed by atoms with E-state index in [2.05, 4.69) is 0 Å². The Balaban J connectivity index is 2.57. The smallest absolute Gasteiger partial charge is 0.306 e. The lowest BCUT2D eigenvalue weighted by Gasteiger charge is -2.08. The van der Waals surface area contributed by atoms with E-state index >= 15 is 0 Å². The number of carbonyl (C=O) groups excluding carboxylic acids is 2. The maximum atomic E-state index is 11.8. The predicted octanol–water partition coefficient (Wildman–Crippen LogP) is 2.80. The summed E-state index contributed by atoms with van der Waals surface area (Å²) < 4.78 is 9.93. The molecule has 0 radical (unpaired) electrons. The second kappa shape index (κ2) is 7.79. The van der Waals surface area contributed by atoms with Gasteiger partial charge in [0, 0.05) is 23.4 Å². The highest BCUT2D eigenvalue weighted by molar-refractivity contribution is 6.30. The van der Waals surface area contributed by atoms with E-state index in [1.165, 1.54) is 7.11 Å². The molecule has 5 heteroatoms. The number of methoxy groups -OCH3 is 1. The van der Waals surface area contributed by atoms with Crippen LogP contribution in [0.4, 0.5) is 0 Å². The number of hydrogen-bond donors (Lipinski definition) is 0. The minimum Gasteiger partial charge on any atom is -0.496 e. The Morgan fingerprint density at radius 2 is 2.00 bits per heavy atom. The lowest BCUT2D eigenvalue weighted by atomic mass is 10.0. The number of benzene rings is 1. The highest BCUT2D eigenvalue weighted by Crippen LogP contribution is 2.23. The maximum Gasteiger partial charge on any atom is 0.306 e. The van der Waals surface area contributed by atoms with E-state index in [1.54, 1.807) is 25.1 Å². The zero-order valence-corrected chi connectivity index (χ0v) is 11.8. The van der Waals surface area contributed by atoms with Crippen molar-refractivity contribution in [2.75, 3.05) is 13.7 Å². The number of esters is 1. The Hall–Kier alpha value is -1.55. The molecule has 0 fully saturated rings. The molecule has 0 aliphatic heterocycles. The fourth-order valence-electron chi connectivity index (χ4n) is 1.66. The third-order valence-corrected chi connectivity index (χ3v) is 2.78. The molecule has 4 nitrogen and oxygen atoms in total. The van der Waals surface area contributed by atoms with Crippen molar-refractivity contribution in [3.63, 3.8) is 0 Å². The van der Waals surface area contributed by atoms with Crippen LogP contribution in [0.2, 0.25) is 5.02 Å². The van der Waals surface area contributed by atoms with Crippen molar-refractivity contribution in [3.8, 4) is 5.75 Å².